The van der Waals surface area contributed by atoms with E-state index in [4.69, 9.17) is 5.73 Å². The van der Waals surface area contributed by atoms with Crippen LogP contribution < -0.4 is 16.0 Å². The molecular formula is C20H21F2N7O. The number of alkyl halides is 1. The number of nitrogens with zero attached hydrogens (tertiary/aromatic N) is 5. The molecule has 10 heteroatoms. The minimum Gasteiger partial charge on any atom is -0.381 e. The van der Waals surface area contributed by atoms with Crippen LogP contribution in [0.2, 0.25) is 0 Å². The van der Waals surface area contributed by atoms with Gasteiger partial charge in [-0.15, -0.1) is 5.10 Å². The predicted octanol–water partition coefficient (Wildman–Crippen LogP) is 2.20. The second kappa shape index (κ2) is 6.89. The number of nitrogens with two attached hydrogens (primary N) is 1. The first-order valence-corrected chi connectivity index (χ1v) is 9.91. The average Bonchev–Trinajstić information content (AvgIpc) is 3.24. The van der Waals surface area contributed by atoms with Crippen LogP contribution in [-0.2, 0) is 6.42 Å². The maximum absolute atomic E-state index is 14.5. The van der Waals surface area contributed by atoms with Gasteiger partial charge in [-0.3, -0.25) is 9.78 Å². The summed E-state index contributed by atoms with van der Waals surface area (Å²) < 4.78 is 30.1. The van der Waals surface area contributed by atoms with E-state index in [0.717, 1.165) is 0 Å². The Kier molecular flexibility index (Phi) is 4.30. The van der Waals surface area contributed by atoms with Crippen molar-refractivity contribution in [1.82, 2.24) is 24.9 Å². The van der Waals surface area contributed by atoms with Crippen LogP contribution in [0.5, 0.6) is 0 Å². The Labute approximate surface area is 171 Å². The quantitative estimate of drug-likeness (QED) is 0.586. The number of halogens is 2. The SMILES string of the molecule is CC1CCc2ncc(F)cc2C2C[C@H](F)CN2c2ccn3nc(N)c(c3n2)C(=O)N1. The Balaban J connectivity index is 1.72. The van der Waals surface area contributed by atoms with Gasteiger partial charge in [0.15, 0.2) is 11.5 Å². The molecule has 3 aromatic heterocycles. The fourth-order valence-corrected chi connectivity index (χ4v) is 4.35. The molecule has 156 valence electrons. The smallest absolute Gasteiger partial charge is 0.259 e. The van der Waals surface area contributed by atoms with Crippen molar-refractivity contribution in [2.45, 2.75) is 44.4 Å². The number of amides is 1. The van der Waals surface area contributed by atoms with Crippen molar-refractivity contribution in [3.8, 4) is 0 Å². The molecule has 3 atom stereocenters. The summed E-state index contributed by atoms with van der Waals surface area (Å²) in [4.78, 5) is 23.6. The highest BCUT2D eigenvalue weighted by Crippen LogP contribution is 2.38. The molecule has 3 N–H and O–H groups in total. The average molecular weight is 413 g/mol. The molecule has 5 heterocycles. The van der Waals surface area contributed by atoms with E-state index < -0.39 is 18.0 Å². The van der Waals surface area contributed by atoms with Crippen molar-refractivity contribution in [2.75, 3.05) is 17.2 Å². The summed E-state index contributed by atoms with van der Waals surface area (Å²) in [5.74, 6) is -0.278. The largest absolute Gasteiger partial charge is 0.381 e. The Bertz CT molecular complexity index is 1150. The summed E-state index contributed by atoms with van der Waals surface area (Å²) in [6.45, 7) is 1.99. The van der Waals surface area contributed by atoms with Gasteiger partial charge in [-0.2, -0.15) is 0 Å². The summed E-state index contributed by atoms with van der Waals surface area (Å²) in [5, 5.41) is 7.10. The van der Waals surface area contributed by atoms with E-state index in [1.807, 2.05) is 6.92 Å². The number of nitrogen functional groups attached to an aromatic ring is 1. The fraction of sp³-hybridized carbons (Fsp3) is 0.400. The van der Waals surface area contributed by atoms with E-state index >= 15 is 0 Å². The molecule has 2 unspecified atom stereocenters. The molecule has 2 aliphatic heterocycles. The molecule has 3 aromatic rings. The highest BCUT2D eigenvalue weighted by Gasteiger charge is 2.36. The highest BCUT2D eigenvalue weighted by atomic mass is 19.1. The lowest BCUT2D eigenvalue weighted by Crippen LogP contribution is -2.33. The third kappa shape index (κ3) is 3.03. The van der Waals surface area contributed by atoms with Crippen molar-refractivity contribution in [3.63, 3.8) is 0 Å². The van der Waals surface area contributed by atoms with Crippen molar-refractivity contribution in [1.29, 1.82) is 0 Å². The summed E-state index contributed by atoms with van der Waals surface area (Å²) in [6.07, 6.45) is 3.04. The van der Waals surface area contributed by atoms with Gasteiger partial charge in [0.25, 0.3) is 5.91 Å². The molecule has 0 spiro atoms. The number of aromatic nitrogens is 4. The van der Waals surface area contributed by atoms with E-state index in [-0.39, 0.29) is 36.3 Å². The van der Waals surface area contributed by atoms with Crippen LogP contribution in [0.3, 0.4) is 0 Å². The molecular weight excluding hydrogens is 392 g/mol. The van der Waals surface area contributed by atoms with Gasteiger partial charge in [0.05, 0.1) is 18.8 Å². The minimum absolute atomic E-state index is 0.0765. The third-order valence-corrected chi connectivity index (χ3v) is 5.79. The van der Waals surface area contributed by atoms with Gasteiger partial charge in [-0.25, -0.2) is 18.3 Å². The van der Waals surface area contributed by atoms with Gasteiger partial charge in [0, 0.05) is 24.4 Å². The molecule has 1 amide bonds. The minimum atomic E-state index is -1.09. The Morgan fingerprint density at radius 2 is 2.20 bits per heavy atom. The van der Waals surface area contributed by atoms with E-state index in [2.05, 4.69) is 20.4 Å². The van der Waals surface area contributed by atoms with Crippen LogP contribution in [0, 0.1) is 5.82 Å². The number of pyridine rings is 1. The lowest BCUT2D eigenvalue weighted by atomic mass is 9.98. The van der Waals surface area contributed by atoms with E-state index in [0.29, 0.717) is 35.6 Å². The second-order valence-electron chi connectivity index (χ2n) is 7.92. The Morgan fingerprint density at radius 3 is 3.03 bits per heavy atom. The van der Waals surface area contributed by atoms with Gasteiger partial charge >= 0.3 is 0 Å². The number of anilines is 2. The van der Waals surface area contributed by atoms with Gasteiger partial charge in [-0.05, 0) is 37.5 Å². The molecule has 0 saturated carbocycles. The number of nitrogens with one attached hydrogen (secondary N) is 1. The lowest BCUT2D eigenvalue weighted by Gasteiger charge is -2.27. The zero-order valence-corrected chi connectivity index (χ0v) is 16.3. The molecule has 0 aliphatic carbocycles. The number of hydrogen-bond donors (Lipinski definition) is 2. The van der Waals surface area contributed by atoms with Crippen molar-refractivity contribution in [3.05, 3.63) is 47.2 Å². The van der Waals surface area contributed by atoms with Crippen molar-refractivity contribution in [2.24, 2.45) is 0 Å². The second-order valence-corrected chi connectivity index (χ2v) is 7.92. The zero-order chi connectivity index (χ0) is 21.0. The summed E-state index contributed by atoms with van der Waals surface area (Å²) >= 11 is 0. The first-order chi connectivity index (χ1) is 14.4. The van der Waals surface area contributed by atoms with Gasteiger partial charge in [-0.1, -0.05) is 0 Å². The maximum atomic E-state index is 14.5. The Morgan fingerprint density at radius 1 is 1.37 bits per heavy atom. The van der Waals surface area contributed by atoms with Crippen LogP contribution >= 0.6 is 0 Å². The monoisotopic (exact) mass is 413 g/mol. The molecule has 0 radical (unpaired) electrons. The Hall–Kier alpha value is -3.30. The molecule has 30 heavy (non-hydrogen) atoms. The predicted molar refractivity (Wildman–Crippen MR) is 106 cm³/mol. The number of hydrogen-bond acceptors (Lipinski definition) is 6. The highest BCUT2D eigenvalue weighted by molar-refractivity contribution is 6.04. The number of carbonyl (C=O) groups is 1. The van der Waals surface area contributed by atoms with Crippen LogP contribution in [0.15, 0.2) is 24.5 Å². The zero-order valence-electron chi connectivity index (χ0n) is 16.3. The summed E-state index contributed by atoms with van der Waals surface area (Å²) in [6, 6.07) is 2.53. The normalized spacial score (nSPS) is 24.0. The maximum Gasteiger partial charge on any atom is 0.259 e. The topological polar surface area (TPSA) is 101 Å². The fourth-order valence-electron chi connectivity index (χ4n) is 4.35. The first kappa shape index (κ1) is 18.7. The lowest BCUT2D eigenvalue weighted by molar-refractivity contribution is 0.0940. The van der Waals surface area contributed by atoms with Crippen LogP contribution in [0.25, 0.3) is 5.65 Å². The summed E-state index contributed by atoms with van der Waals surface area (Å²) in [5.41, 5.74) is 7.84. The molecule has 0 aromatic carbocycles. The molecule has 1 fully saturated rings. The summed E-state index contributed by atoms with van der Waals surface area (Å²) in [7, 11) is 0. The van der Waals surface area contributed by atoms with Gasteiger partial charge < -0.3 is 16.0 Å². The number of carbonyl (C=O) groups excluding carboxylic acids is 1. The van der Waals surface area contributed by atoms with Crippen molar-refractivity contribution < 1.29 is 13.6 Å². The number of rotatable bonds is 0. The van der Waals surface area contributed by atoms with Gasteiger partial charge in [0.2, 0.25) is 0 Å². The molecule has 5 rings (SSSR count). The number of fused-ring (bicyclic) bond motifs is 5. The van der Waals surface area contributed by atoms with E-state index in [1.54, 1.807) is 17.2 Å². The van der Waals surface area contributed by atoms with Crippen LogP contribution in [0.1, 0.15) is 47.4 Å². The van der Waals surface area contributed by atoms with Crippen LogP contribution in [0.4, 0.5) is 20.4 Å². The third-order valence-electron chi connectivity index (χ3n) is 5.79. The van der Waals surface area contributed by atoms with Crippen molar-refractivity contribution >= 4 is 23.2 Å². The van der Waals surface area contributed by atoms with Crippen LogP contribution in [-0.4, -0.2) is 44.2 Å². The molecule has 1 saturated heterocycles. The molecule has 8 nitrogen and oxygen atoms in total. The number of aryl methyl sites for hydroxylation is 1. The standard InChI is InChI=1S/C20H21F2N7O/c1-10-2-3-14-13(6-11(21)8-24-14)15-7-12(22)9-28(15)16-4-5-29-19(26-16)17(18(23)27-29)20(30)25-10/h4-6,8,10,12,15H,2-3,7,9H2,1H3,(H2,23,27)(H,25,30)/t10?,12-,15?/m0/s1. The van der Waals surface area contributed by atoms with E-state index in [1.165, 1.54) is 16.8 Å². The van der Waals surface area contributed by atoms with Gasteiger partial charge in [0.1, 0.15) is 23.4 Å². The molecule has 2 aliphatic rings. The molecule has 2 bridgehead atoms. The first-order valence-electron chi connectivity index (χ1n) is 9.91. The van der Waals surface area contributed by atoms with E-state index in [9.17, 15) is 13.6 Å².